The first-order valence-corrected chi connectivity index (χ1v) is 11.5. The molecule has 74 valence electrons. The van der Waals surface area contributed by atoms with E-state index in [9.17, 15) is 0 Å². The van der Waals surface area contributed by atoms with E-state index in [0.29, 0.717) is 0 Å². The molecule has 0 fully saturated rings. The zero-order valence-corrected chi connectivity index (χ0v) is 15.9. The summed E-state index contributed by atoms with van der Waals surface area (Å²) in [6.45, 7) is 16.4. The van der Waals surface area contributed by atoms with Gasteiger partial charge in [0, 0.05) is 0 Å². The van der Waals surface area contributed by atoms with Crippen LogP contribution >= 0.6 is 0 Å². The molecule has 0 amide bonds. The minimum absolute atomic E-state index is 0. The van der Waals surface area contributed by atoms with E-state index in [2.05, 4.69) is 46.6 Å². The summed E-state index contributed by atoms with van der Waals surface area (Å²) < 4.78 is 5.06. The Hall–Kier alpha value is 2.03. The van der Waals surface area contributed by atoms with Gasteiger partial charge < -0.3 is 4.65 Å². The Morgan fingerprint density at radius 2 is 1.38 bits per heavy atom. The van der Waals surface area contributed by atoms with Crippen molar-refractivity contribution in [3.63, 3.8) is 0 Å². The molecule has 0 saturated heterocycles. The third-order valence-electron chi connectivity index (χ3n) is 1.55. The molecule has 13 heavy (non-hydrogen) atoms. The van der Waals surface area contributed by atoms with Crippen LogP contribution in [0.2, 0.25) is 38.8 Å². The summed E-state index contributed by atoms with van der Waals surface area (Å²) in [6, 6.07) is 1.34. The van der Waals surface area contributed by atoms with Crippen LogP contribution < -0.4 is 51.4 Å². The van der Waals surface area contributed by atoms with Crippen molar-refractivity contribution < 1.29 is 51.4 Å². The number of hydrogen-bond donors (Lipinski definition) is 0. The number of nitrogens with zero attached hydrogens (tertiary/aromatic N) is 1. The van der Waals surface area contributed by atoms with Crippen molar-refractivity contribution >= 4 is 16.5 Å². The van der Waals surface area contributed by atoms with E-state index >= 15 is 0 Å². The van der Waals surface area contributed by atoms with Gasteiger partial charge in [-0.05, 0) is 0 Å². The fraction of sp³-hybridized carbons (Fsp3) is 1.00. The van der Waals surface area contributed by atoms with E-state index in [0.717, 1.165) is 5.92 Å². The average molecular weight is 242 g/mol. The third-order valence-corrected chi connectivity index (χ3v) is 8.47. The molecule has 0 aliphatic rings. The number of hydrogen-bond acceptors (Lipinski definition) is 0. The first kappa shape index (κ1) is 17.4. The van der Waals surface area contributed by atoms with Crippen LogP contribution in [0.5, 0.6) is 0 Å². The fourth-order valence-electron chi connectivity index (χ4n) is 1.95. The van der Waals surface area contributed by atoms with Crippen LogP contribution in [0.25, 0.3) is 4.65 Å². The SMILES string of the molecule is CC(C)C[Si](C)(C)[N-][Si](C)(C)C.[K+]. The van der Waals surface area contributed by atoms with Gasteiger partial charge in [0.25, 0.3) is 0 Å². The van der Waals surface area contributed by atoms with E-state index in [4.69, 9.17) is 4.65 Å². The summed E-state index contributed by atoms with van der Waals surface area (Å²) in [5.74, 6) is 0.812. The predicted octanol–water partition coefficient (Wildman–Crippen LogP) is 1.06. The zero-order chi connectivity index (χ0) is 9.99. The molecule has 0 aromatic carbocycles. The summed E-state index contributed by atoms with van der Waals surface area (Å²) >= 11 is 0. The Balaban J connectivity index is 0. The predicted molar refractivity (Wildman–Crippen MR) is 63.8 cm³/mol. The molecule has 0 saturated carbocycles. The smallest absolute Gasteiger partial charge is 0.667 e. The van der Waals surface area contributed by atoms with Gasteiger partial charge in [0.15, 0.2) is 0 Å². The Kier molecular flexibility index (Phi) is 8.82. The third kappa shape index (κ3) is 12.0. The maximum atomic E-state index is 5.06. The van der Waals surface area contributed by atoms with Crippen molar-refractivity contribution in [1.29, 1.82) is 0 Å². The van der Waals surface area contributed by atoms with Crippen LogP contribution in [-0.4, -0.2) is 16.5 Å². The molecule has 0 aliphatic carbocycles. The molecule has 0 spiro atoms. The van der Waals surface area contributed by atoms with Gasteiger partial charge in [0.05, 0.1) is 0 Å². The topological polar surface area (TPSA) is 14.1 Å². The monoisotopic (exact) mass is 241 g/mol. The summed E-state index contributed by atoms with van der Waals surface area (Å²) in [5, 5.41) is 0. The molecule has 0 heterocycles. The molecule has 0 N–H and O–H groups in total. The molecule has 0 aliphatic heterocycles. The standard InChI is InChI=1S/C9H24NSi2.K/c1-9(2)8-12(6,7)10-11(3,4)5;/h9H,8H2,1-7H3;/q-1;+1. The molecule has 4 heteroatoms. The maximum Gasteiger partial charge on any atom is 1.00 e. The Labute approximate surface area is 129 Å². The number of rotatable bonds is 4. The van der Waals surface area contributed by atoms with Crippen molar-refractivity contribution in [1.82, 2.24) is 0 Å². The Morgan fingerprint density at radius 3 is 1.62 bits per heavy atom. The first-order valence-electron chi connectivity index (χ1n) is 4.86. The minimum Gasteiger partial charge on any atom is -0.667 e. The molecule has 0 rings (SSSR count). The summed E-state index contributed by atoms with van der Waals surface area (Å²) in [4.78, 5) is 0. The maximum absolute atomic E-state index is 5.06. The van der Waals surface area contributed by atoms with E-state index in [1.807, 2.05) is 0 Å². The van der Waals surface area contributed by atoms with Gasteiger partial charge in [-0.3, -0.25) is 0 Å². The average Bonchev–Trinajstić information content (AvgIpc) is 1.48. The first-order chi connectivity index (χ1) is 5.12. The molecular formula is C9H24KNSi2. The van der Waals surface area contributed by atoms with Gasteiger partial charge in [-0.15, -0.1) is 0 Å². The molecule has 0 aromatic heterocycles. The molecule has 1 nitrogen and oxygen atoms in total. The molecule has 0 atom stereocenters. The second-order valence-corrected chi connectivity index (χ2v) is 15.0. The van der Waals surface area contributed by atoms with Crippen molar-refractivity contribution in [3.8, 4) is 0 Å². The summed E-state index contributed by atoms with van der Waals surface area (Å²) in [6.07, 6.45) is 0. The molecule has 0 unspecified atom stereocenters. The van der Waals surface area contributed by atoms with E-state index < -0.39 is 16.5 Å². The van der Waals surface area contributed by atoms with Gasteiger partial charge in [0.2, 0.25) is 0 Å². The quantitative estimate of drug-likeness (QED) is 0.654. The minimum atomic E-state index is -1.22. The van der Waals surface area contributed by atoms with Crippen LogP contribution in [0.4, 0.5) is 0 Å². The van der Waals surface area contributed by atoms with Crippen LogP contribution in [0.15, 0.2) is 0 Å². The molecule has 0 aromatic rings. The van der Waals surface area contributed by atoms with Gasteiger partial charge in [-0.2, -0.15) is 0 Å². The van der Waals surface area contributed by atoms with Crippen molar-refractivity contribution in [2.45, 2.75) is 52.6 Å². The fourth-order valence-corrected chi connectivity index (χ4v) is 11.6. The van der Waals surface area contributed by atoms with Gasteiger partial charge >= 0.3 is 51.4 Å². The summed E-state index contributed by atoms with van der Waals surface area (Å²) in [5.41, 5.74) is 0. The van der Waals surface area contributed by atoms with Gasteiger partial charge in [-0.25, -0.2) is 0 Å². The molecule has 0 radical (unpaired) electrons. The van der Waals surface area contributed by atoms with E-state index in [1.165, 1.54) is 6.04 Å². The Bertz CT molecular complexity index is 141. The van der Waals surface area contributed by atoms with E-state index in [-0.39, 0.29) is 51.4 Å². The van der Waals surface area contributed by atoms with Crippen LogP contribution in [0, 0.1) is 5.92 Å². The second-order valence-electron chi connectivity index (χ2n) is 5.69. The molecular weight excluding hydrogens is 217 g/mol. The van der Waals surface area contributed by atoms with Gasteiger partial charge in [-0.1, -0.05) is 75.0 Å². The normalized spacial score (nSPS) is 12.9. The largest absolute Gasteiger partial charge is 1.00 e. The second kappa shape index (κ2) is 6.58. The zero-order valence-electron chi connectivity index (χ0n) is 10.7. The van der Waals surface area contributed by atoms with Crippen molar-refractivity contribution in [3.05, 3.63) is 4.65 Å². The van der Waals surface area contributed by atoms with Crippen LogP contribution in [-0.2, 0) is 0 Å². The van der Waals surface area contributed by atoms with E-state index in [1.54, 1.807) is 0 Å². The van der Waals surface area contributed by atoms with Crippen molar-refractivity contribution in [2.24, 2.45) is 5.92 Å². The molecule has 0 bridgehead atoms. The van der Waals surface area contributed by atoms with Crippen molar-refractivity contribution in [2.75, 3.05) is 0 Å². The Morgan fingerprint density at radius 1 is 1.00 bits per heavy atom. The van der Waals surface area contributed by atoms with Crippen LogP contribution in [0.3, 0.4) is 0 Å². The summed E-state index contributed by atoms with van der Waals surface area (Å²) in [7, 11) is -2.39. The van der Waals surface area contributed by atoms with Crippen LogP contribution in [0.1, 0.15) is 13.8 Å². The van der Waals surface area contributed by atoms with Gasteiger partial charge in [0.1, 0.15) is 0 Å².